The van der Waals surface area contributed by atoms with Crippen LogP contribution in [-0.2, 0) is 17.8 Å². The lowest BCUT2D eigenvalue weighted by molar-refractivity contribution is -0.126. The van der Waals surface area contributed by atoms with Crippen LogP contribution >= 0.6 is 0 Å². The molecule has 0 radical (unpaired) electrons. The normalized spacial score (nSPS) is 17.7. The molecule has 2 aromatic rings. The maximum atomic E-state index is 13.0. The second kappa shape index (κ2) is 9.45. The zero-order valence-electron chi connectivity index (χ0n) is 17.3. The molecule has 7 heteroatoms. The van der Waals surface area contributed by atoms with Crippen molar-refractivity contribution in [3.05, 3.63) is 59.4 Å². The summed E-state index contributed by atoms with van der Waals surface area (Å²) in [6, 6.07) is 12.3. The van der Waals surface area contributed by atoms with Crippen LogP contribution in [0, 0.1) is 5.82 Å². The molecule has 0 aromatic heterocycles. The lowest BCUT2D eigenvalue weighted by atomic mass is 10.1. The van der Waals surface area contributed by atoms with Crippen LogP contribution in [0.15, 0.2) is 42.5 Å². The number of nitrogens with zero attached hydrogens (tertiary/aromatic N) is 2. The Balaban J connectivity index is 1.19. The summed E-state index contributed by atoms with van der Waals surface area (Å²) in [5.74, 6) is 1.43. The summed E-state index contributed by atoms with van der Waals surface area (Å²) in [6.07, 6.45) is 0.696. The fraction of sp³-hybridized carbons (Fsp3) is 0.435. The average molecular weight is 413 g/mol. The van der Waals surface area contributed by atoms with Crippen LogP contribution in [0.3, 0.4) is 0 Å². The van der Waals surface area contributed by atoms with E-state index in [1.165, 1.54) is 17.7 Å². The number of fused-ring (bicyclic) bond motifs is 1. The van der Waals surface area contributed by atoms with Gasteiger partial charge >= 0.3 is 0 Å². The monoisotopic (exact) mass is 413 g/mol. The fourth-order valence-electron chi connectivity index (χ4n) is 3.90. The second-order valence-corrected chi connectivity index (χ2v) is 7.84. The molecule has 6 nitrogen and oxygen atoms in total. The van der Waals surface area contributed by atoms with Gasteiger partial charge in [0.2, 0.25) is 12.7 Å². The van der Waals surface area contributed by atoms with Gasteiger partial charge in [0.25, 0.3) is 0 Å². The molecule has 1 N–H and O–H groups in total. The number of amides is 1. The molecular weight excluding hydrogens is 385 g/mol. The summed E-state index contributed by atoms with van der Waals surface area (Å²) in [7, 11) is 0. The van der Waals surface area contributed by atoms with Crippen LogP contribution in [0.1, 0.15) is 18.1 Å². The van der Waals surface area contributed by atoms with Crippen LogP contribution in [0.5, 0.6) is 11.5 Å². The highest BCUT2D eigenvalue weighted by atomic mass is 19.1. The van der Waals surface area contributed by atoms with Crippen LogP contribution in [0.25, 0.3) is 0 Å². The molecule has 0 aliphatic carbocycles. The first-order valence-electron chi connectivity index (χ1n) is 10.5. The van der Waals surface area contributed by atoms with Crippen LogP contribution in [-0.4, -0.2) is 61.3 Å². The number of ether oxygens (including phenoxy) is 2. The lowest BCUT2D eigenvalue weighted by Crippen LogP contribution is -2.53. The minimum absolute atomic E-state index is 0.0429. The zero-order chi connectivity index (χ0) is 20.9. The largest absolute Gasteiger partial charge is 0.454 e. The summed E-state index contributed by atoms with van der Waals surface area (Å²) < 4.78 is 23.8. The number of piperazine rings is 1. The molecule has 160 valence electrons. The summed E-state index contributed by atoms with van der Waals surface area (Å²) in [4.78, 5) is 17.1. The predicted octanol–water partition coefficient (Wildman–Crippen LogP) is 2.42. The molecule has 0 spiro atoms. The second-order valence-electron chi connectivity index (χ2n) is 7.84. The third kappa shape index (κ3) is 5.09. The molecule has 2 aliphatic heterocycles. The first kappa shape index (κ1) is 20.6. The summed E-state index contributed by atoms with van der Waals surface area (Å²) in [5, 5.41) is 3.00. The quantitative estimate of drug-likeness (QED) is 0.756. The number of hydrogen-bond acceptors (Lipinski definition) is 5. The van der Waals surface area contributed by atoms with Gasteiger partial charge < -0.3 is 14.8 Å². The van der Waals surface area contributed by atoms with Crippen molar-refractivity contribution in [2.75, 3.05) is 39.5 Å². The summed E-state index contributed by atoms with van der Waals surface area (Å²) in [6.45, 7) is 7.22. The van der Waals surface area contributed by atoms with E-state index in [1.54, 1.807) is 12.1 Å². The van der Waals surface area contributed by atoms with Crippen molar-refractivity contribution in [1.29, 1.82) is 0 Å². The summed E-state index contributed by atoms with van der Waals surface area (Å²) >= 11 is 0. The van der Waals surface area contributed by atoms with Gasteiger partial charge in [0, 0.05) is 39.3 Å². The molecule has 2 aromatic carbocycles. The van der Waals surface area contributed by atoms with E-state index in [0.717, 1.165) is 49.8 Å². The highest BCUT2D eigenvalue weighted by molar-refractivity contribution is 5.81. The van der Waals surface area contributed by atoms with E-state index < -0.39 is 0 Å². The first-order chi connectivity index (χ1) is 14.6. The van der Waals surface area contributed by atoms with Crippen molar-refractivity contribution in [2.24, 2.45) is 0 Å². The van der Waals surface area contributed by atoms with E-state index in [-0.39, 0.29) is 17.8 Å². The van der Waals surface area contributed by atoms with Crippen molar-refractivity contribution in [1.82, 2.24) is 15.1 Å². The van der Waals surface area contributed by atoms with Crippen LogP contribution in [0.4, 0.5) is 4.39 Å². The van der Waals surface area contributed by atoms with E-state index in [4.69, 9.17) is 9.47 Å². The minimum Gasteiger partial charge on any atom is -0.454 e. The first-order valence-corrected chi connectivity index (χ1v) is 10.5. The molecule has 1 amide bonds. The molecule has 0 bridgehead atoms. The smallest absolute Gasteiger partial charge is 0.237 e. The third-order valence-electron chi connectivity index (χ3n) is 5.80. The van der Waals surface area contributed by atoms with E-state index in [2.05, 4.69) is 21.2 Å². The topological polar surface area (TPSA) is 54.0 Å². The zero-order valence-corrected chi connectivity index (χ0v) is 17.3. The number of rotatable bonds is 7. The highest BCUT2D eigenvalue weighted by Crippen LogP contribution is 2.32. The van der Waals surface area contributed by atoms with Crippen molar-refractivity contribution in [3.63, 3.8) is 0 Å². The number of carbonyl (C=O) groups excluding carboxylic acids is 1. The van der Waals surface area contributed by atoms with Gasteiger partial charge in [-0.05, 0) is 48.7 Å². The molecule has 4 rings (SSSR count). The molecule has 2 heterocycles. The van der Waals surface area contributed by atoms with Crippen molar-refractivity contribution >= 4 is 5.91 Å². The van der Waals surface area contributed by atoms with E-state index in [0.29, 0.717) is 19.8 Å². The Morgan fingerprint density at radius 3 is 2.50 bits per heavy atom. The fourth-order valence-corrected chi connectivity index (χ4v) is 3.90. The summed E-state index contributed by atoms with van der Waals surface area (Å²) in [5.41, 5.74) is 2.22. The molecule has 0 unspecified atom stereocenters. The number of benzene rings is 2. The average Bonchev–Trinajstić information content (AvgIpc) is 3.23. The Labute approximate surface area is 176 Å². The molecule has 30 heavy (non-hydrogen) atoms. The third-order valence-corrected chi connectivity index (χ3v) is 5.80. The number of nitrogens with one attached hydrogen (secondary N) is 1. The van der Waals surface area contributed by atoms with Gasteiger partial charge in [0.1, 0.15) is 5.82 Å². The highest BCUT2D eigenvalue weighted by Gasteiger charge is 2.25. The Morgan fingerprint density at radius 1 is 1.03 bits per heavy atom. The van der Waals surface area contributed by atoms with Gasteiger partial charge in [-0.15, -0.1) is 0 Å². The SMILES string of the molecule is C[C@H](C(=O)NCCc1ccc(F)cc1)N1CCN(Cc2ccc3c(c2)OCO3)CC1. The number of halogens is 1. The Hall–Kier alpha value is -2.64. The molecule has 2 aliphatic rings. The van der Waals surface area contributed by atoms with E-state index in [1.807, 2.05) is 19.1 Å². The van der Waals surface area contributed by atoms with Gasteiger partial charge in [-0.2, -0.15) is 0 Å². The maximum absolute atomic E-state index is 13.0. The molecular formula is C23H28FN3O3. The van der Waals surface area contributed by atoms with Crippen molar-refractivity contribution < 1.29 is 18.7 Å². The Morgan fingerprint density at radius 2 is 1.73 bits per heavy atom. The maximum Gasteiger partial charge on any atom is 0.237 e. The van der Waals surface area contributed by atoms with Crippen LogP contribution in [0.2, 0.25) is 0 Å². The Bertz CT molecular complexity index is 866. The number of carbonyl (C=O) groups is 1. The van der Waals surface area contributed by atoms with Crippen molar-refractivity contribution in [3.8, 4) is 11.5 Å². The lowest BCUT2D eigenvalue weighted by Gasteiger charge is -2.37. The van der Waals surface area contributed by atoms with Gasteiger partial charge in [-0.1, -0.05) is 18.2 Å². The van der Waals surface area contributed by atoms with E-state index >= 15 is 0 Å². The molecule has 1 fully saturated rings. The van der Waals surface area contributed by atoms with Gasteiger partial charge in [-0.3, -0.25) is 14.6 Å². The van der Waals surface area contributed by atoms with Gasteiger partial charge in [0.15, 0.2) is 11.5 Å². The van der Waals surface area contributed by atoms with E-state index in [9.17, 15) is 9.18 Å². The van der Waals surface area contributed by atoms with Gasteiger partial charge in [0.05, 0.1) is 6.04 Å². The molecule has 0 saturated carbocycles. The predicted molar refractivity (Wildman–Crippen MR) is 112 cm³/mol. The standard InChI is InChI=1S/C23H28FN3O3/c1-17(23(28)25-9-8-18-2-5-20(24)6-3-18)27-12-10-26(11-13-27)15-19-4-7-21-22(14-19)30-16-29-21/h2-7,14,17H,8-13,15-16H2,1H3,(H,25,28)/t17-/m1/s1. The minimum atomic E-state index is -0.242. The molecule has 1 atom stereocenters. The Kier molecular flexibility index (Phi) is 6.50. The molecule has 1 saturated heterocycles. The van der Waals surface area contributed by atoms with Crippen LogP contribution < -0.4 is 14.8 Å². The number of hydrogen-bond donors (Lipinski definition) is 1. The van der Waals surface area contributed by atoms with Gasteiger partial charge in [-0.25, -0.2) is 4.39 Å². The van der Waals surface area contributed by atoms with Crippen molar-refractivity contribution in [2.45, 2.75) is 25.9 Å².